The monoisotopic (exact) mass is 1170 g/mol. The number of aliphatic hydroxyl groups is 1. The average Bonchev–Trinajstić information content (AvgIpc) is 4.03. The van der Waals surface area contributed by atoms with Crippen molar-refractivity contribution >= 4 is 49.4 Å². The first kappa shape index (κ1) is 65.6. The molecular formula is C60H93N5O14SSi. The van der Waals surface area contributed by atoms with Crippen LogP contribution in [0.15, 0.2) is 53.6 Å². The fourth-order valence-electron chi connectivity index (χ4n) is 10.7. The lowest BCUT2D eigenvalue weighted by Gasteiger charge is -2.44. The number of nitrogens with one attached hydrogen (secondary N) is 3. The fraction of sp³-hybridized carbons (Fsp3) is 0.700. The number of hydrogen-bond acceptors (Lipinski definition) is 16. The smallest absolute Gasteiger partial charge is 0.407 e. The van der Waals surface area contributed by atoms with Crippen molar-refractivity contribution in [2.24, 2.45) is 29.1 Å². The number of benzene rings is 1. The number of carbonyl (C=O) groups excluding carboxylic acids is 5. The normalized spacial score (nSPS) is 24.4. The van der Waals surface area contributed by atoms with E-state index in [9.17, 15) is 29.1 Å². The number of allylic oxidation sites excluding steroid dienone is 3. The third kappa shape index (κ3) is 20.0. The maximum Gasteiger partial charge on any atom is 0.407 e. The van der Waals surface area contributed by atoms with Gasteiger partial charge in [-0.1, -0.05) is 97.9 Å². The average molecular weight is 1170 g/mol. The van der Waals surface area contributed by atoms with Gasteiger partial charge in [0.2, 0.25) is 17.7 Å². The summed E-state index contributed by atoms with van der Waals surface area (Å²) in [7, 11) is -2.05. The van der Waals surface area contributed by atoms with Crippen molar-refractivity contribution in [3.63, 3.8) is 0 Å². The van der Waals surface area contributed by atoms with Crippen molar-refractivity contribution in [2.45, 2.75) is 162 Å². The Kier molecular flexibility index (Phi) is 24.9. The lowest BCUT2D eigenvalue weighted by Crippen LogP contribution is -2.58. The van der Waals surface area contributed by atoms with Crippen LogP contribution in [0.2, 0.25) is 18.1 Å². The molecule has 1 aromatic carbocycles. The summed E-state index contributed by atoms with van der Waals surface area (Å²) in [6.07, 6.45) is 8.20. The predicted octanol–water partition coefficient (Wildman–Crippen LogP) is 7.69. The van der Waals surface area contributed by atoms with Crippen LogP contribution in [-0.2, 0) is 63.3 Å². The standard InChI is InChI=1S/C60H93N5O14SSi/c1-39-30-44-15-12-40(2)48(19-18-46-33-47(34-52(68)77-46)79-81(10,11)60(7,8)9)53(44)50(31-39)78-58(71)61-20-21-72-22-23-73-24-25-74-26-27-75-28-29-76-37-51(67)64-55(59(4,5)6)57(70)65-36-45(66)32-49(65)56(69)62-35-42-13-16-43(17-14-42)54-41(3)63-38-80-54/h12-17,30,38-40,45-50,53,55,66H,18-29,31-37H2,1-11H3,(H,61,71)(H,62,69)(H,64,67)/t39-,40-,45+,46+,47+,48-,49-,50-,53-,55+/m0/s1. The number of esters is 1. The molecule has 2 aliphatic heterocycles. The molecule has 1 aromatic heterocycles. The second kappa shape index (κ2) is 30.8. The maximum absolute atomic E-state index is 14.0. The van der Waals surface area contributed by atoms with Crippen LogP contribution in [0.25, 0.3) is 10.4 Å². The van der Waals surface area contributed by atoms with Crippen LogP contribution in [0.5, 0.6) is 0 Å². The van der Waals surface area contributed by atoms with Gasteiger partial charge in [0.15, 0.2) is 8.32 Å². The van der Waals surface area contributed by atoms with Gasteiger partial charge in [0, 0.05) is 38.4 Å². The summed E-state index contributed by atoms with van der Waals surface area (Å²) in [5, 5.41) is 19.2. The number of nitrogens with zero attached hydrogens (tertiary/aromatic N) is 2. The quantitative estimate of drug-likeness (QED) is 0.0348. The second-order valence-corrected chi connectivity index (χ2v) is 30.3. The second-order valence-electron chi connectivity index (χ2n) is 24.7. The molecule has 0 radical (unpaired) electrons. The Morgan fingerprint density at radius 2 is 1.51 bits per heavy atom. The van der Waals surface area contributed by atoms with Crippen LogP contribution >= 0.6 is 11.3 Å². The van der Waals surface area contributed by atoms with Crippen molar-refractivity contribution in [3.05, 3.63) is 64.8 Å². The van der Waals surface area contributed by atoms with E-state index >= 15 is 0 Å². The number of alkyl carbamates (subject to hydrolysis) is 1. The van der Waals surface area contributed by atoms with Crippen molar-refractivity contribution < 1.29 is 66.7 Å². The molecular weight excluding hydrogens is 1070 g/mol. The minimum absolute atomic E-state index is 0.0237. The highest BCUT2D eigenvalue weighted by Crippen LogP contribution is 2.46. The number of β-amino-alcohol motifs (C(OH)–C–C–N with tert-alkyl or cyclic N) is 1. The Labute approximate surface area is 485 Å². The number of aromatic nitrogens is 1. The molecule has 10 atom stereocenters. The lowest BCUT2D eigenvalue weighted by molar-refractivity contribution is -0.160. The minimum Gasteiger partial charge on any atom is -0.462 e. The molecule has 81 heavy (non-hydrogen) atoms. The Bertz CT molecular complexity index is 2420. The maximum atomic E-state index is 14.0. The molecule has 2 fully saturated rings. The number of amides is 4. The van der Waals surface area contributed by atoms with Gasteiger partial charge >= 0.3 is 12.1 Å². The highest BCUT2D eigenvalue weighted by atomic mass is 32.1. The van der Waals surface area contributed by atoms with Gasteiger partial charge in [0.05, 0.1) is 94.2 Å². The van der Waals surface area contributed by atoms with Gasteiger partial charge in [-0.3, -0.25) is 19.2 Å². The third-order valence-electron chi connectivity index (χ3n) is 16.1. The van der Waals surface area contributed by atoms with E-state index in [0.717, 1.165) is 41.0 Å². The van der Waals surface area contributed by atoms with E-state index in [-0.39, 0.29) is 98.2 Å². The number of rotatable bonds is 29. The number of hydrogen-bond donors (Lipinski definition) is 4. The summed E-state index contributed by atoms with van der Waals surface area (Å²) >= 11 is 1.57. The van der Waals surface area contributed by atoms with Crippen LogP contribution in [0.1, 0.15) is 105 Å². The number of fused-ring (bicyclic) bond motifs is 1. The van der Waals surface area contributed by atoms with E-state index in [1.54, 1.807) is 11.3 Å². The van der Waals surface area contributed by atoms with Gasteiger partial charge in [-0.05, 0) is 84.2 Å². The molecule has 4 amide bonds. The molecule has 4 aliphatic rings. The first-order chi connectivity index (χ1) is 38.4. The molecule has 2 aromatic rings. The van der Waals surface area contributed by atoms with E-state index in [4.69, 9.17) is 37.6 Å². The predicted molar refractivity (Wildman–Crippen MR) is 312 cm³/mol. The van der Waals surface area contributed by atoms with Crippen LogP contribution in [0.4, 0.5) is 4.79 Å². The molecule has 0 spiro atoms. The van der Waals surface area contributed by atoms with E-state index in [1.807, 2.05) is 57.5 Å². The molecule has 2 aliphatic carbocycles. The Balaban J connectivity index is 0.779. The van der Waals surface area contributed by atoms with E-state index in [1.165, 1.54) is 10.5 Å². The molecule has 4 N–H and O–H groups in total. The summed E-state index contributed by atoms with van der Waals surface area (Å²) in [5.74, 6) is -0.701. The first-order valence-corrected chi connectivity index (χ1v) is 32.8. The molecule has 0 bridgehead atoms. The fourth-order valence-corrected chi connectivity index (χ4v) is 12.9. The van der Waals surface area contributed by atoms with Crippen LogP contribution in [0.3, 0.4) is 0 Å². The van der Waals surface area contributed by atoms with Crippen molar-refractivity contribution in [3.8, 4) is 10.4 Å². The van der Waals surface area contributed by atoms with E-state index in [2.05, 4.69) is 86.9 Å². The Morgan fingerprint density at radius 1 is 0.864 bits per heavy atom. The molecule has 3 heterocycles. The molecule has 452 valence electrons. The number of aryl methyl sites for hydroxylation is 1. The molecule has 0 unspecified atom stereocenters. The summed E-state index contributed by atoms with van der Waals surface area (Å²) in [6, 6.07) is 5.99. The summed E-state index contributed by atoms with van der Waals surface area (Å²) < 4.78 is 46.7. The van der Waals surface area contributed by atoms with E-state index in [0.29, 0.717) is 65.6 Å². The molecule has 0 saturated carbocycles. The number of carbonyl (C=O) groups is 5. The van der Waals surface area contributed by atoms with Crippen LogP contribution in [0, 0.1) is 36.0 Å². The largest absolute Gasteiger partial charge is 0.462 e. The van der Waals surface area contributed by atoms with Crippen LogP contribution < -0.4 is 16.0 Å². The topological polar surface area (TPSA) is 232 Å². The van der Waals surface area contributed by atoms with Crippen molar-refractivity contribution in [1.29, 1.82) is 0 Å². The number of likely N-dealkylation sites (tertiary alicyclic amines) is 1. The Hall–Kier alpha value is -4.58. The Morgan fingerprint density at radius 3 is 2.12 bits per heavy atom. The van der Waals surface area contributed by atoms with Gasteiger partial charge in [-0.2, -0.15) is 0 Å². The molecule has 19 nitrogen and oxygen atoms in total. The first-order valence-electron chi connectivity index (χ1n) is 29.1. The summed E-state index contributed by atoms with van der Waals surface area (Å²) in [6.45, 7) is 25.9. The van der Waals surface area contributed by atoms with Gasteiger partial charge in [0.1, 0.15) is 30.9 Å². The van der Waals surface area contributed by atoms with Gasteiger partial charge in [0.25, 0.3) is 0 Å². The van der Waals surface area contributed by atoms with Gasteiger partial charge in [-0.15, -0.1) is 11.3 Å². The van der Waals surface area contributed by atoms with E-state index < -0.39 is 49.8 Å². The number of thiazole rings is 1. The van der Waals surface area contributed by atoms with Gasteiger partial charge in [-0.25, -0.2) is 9.78 Å². The molecule has 21 heteroatoms. The highest BCUT2D eigenvalue weighted by Gasteiger charge is 2.46. The van der Waals surface area contributed by atoms with Crippen molar-refractivity contribution in [1.82, 2.24) is 25.8 Å². The molecule has 2 saturated heterocycles. The zero-order valence-electron chi connectivity index (χ0n) is 49.9. The lowest BCUT2D eigenvalue weighted by atomic mass is 9.65. The van der Waals surface area contributed by atoms with Crippen LogP contribution in [-0.4, -0.2) is 169 Å². The van der Waals surface area contributed by atoms with Gasteiger partial charge < -0.3 is 63.5 Å². The molecule has 6 rings (SSSR count). The minimum atomic E-state index is -2.05. The number of cyclic esters (lactones) is 1. The highest BCUT2D eigenvalue weighted by molar-refractivity contribution is 7.13. The number of ether oxygens (including phenoxy) is 7. The van der Waals surface area contributed by atoms with Crippen molar-refractivity contribution in [2.75, 3.05) is 79.2 Å². The zero-order chi connectivity index (χ0) is 58.9. The zero-order valence-corrected chi connectivity index (χ0v) is 51.7. The summed E-state index contributed by atoms with van der Waals surface area (Å²) in [5.41, 5.74) is 5.20. The third-order valence-corrected chi connectivity index (χ3v) is 21.6. The SMILES string of the molecule is Cc1ncsc1-c1ccc(CNC(=O)[C@@H]2C[C@@H](O)CN2C(=O)[C@@H](NC(=O)COCCOCCOCCOCCOCCNC(=O)O[C@H]2C[C@@H](C)C=C3C=C[C@H](C)[C@H](CC[C@@H]4C[C@@H](O[Si](C)(C)C(C)(C)C)CC(=O)O4)[C@H]32)C(C)(C)C)cc1. The number of aliphatic hydroxyl groups excluding tert-OH is 1. The summed E-state index contributed by atoms with van der Waals surface area (Å²) in [4.78, 5) is 73.1.